The smallest absolute Gasteiger partial charge is 0.417 e. The molecule has 0 saturated heterocycles. The number of hydrogen-bond donors (Lipinski definition) is 3. The van der Waals surface area contributed by atoms with Gasteiger partial charge in [0.15, 0.2) is 5.75 Å². The van der Waals surface area contributed by atoms with Crippen LogP contribution < -0.4 is 0 Å². The van der Waals surface area contributed by atoms with Crippen LogP contribution in [-0.4, -0.2) is 24.7 Å². The van der Waals surface area contributed by atoms with E-state index in [1.165, 1.54) is 17.0 Å². The van der Waals surface area contributed by atoms with Gasteiger partial charge in [0.1, 0.15) is 0 Å². The first-order valence-corrected chi connectivity index (χ1v) is 10.2. The molecule has 3 N–H and O–H groups in total. The van der Waals surface area contributed by atoms with Crippen molar-refractivity contribution in [3.05, 3.63) is 83.6 Å². The van der Waals surface area contributed by atoms with Crippen LogP contribution in [-0.2, 0) is 6.18 Å². The van der Waals surface area contributed by atoms with Crippen LogP contribution in [0.3, 0.4) is 0 Å². The third-order valence-electron chi connectivity index (χ3n) is 5.39. The largest absolute Gasteiger partial charge is 0.503 e. The van der Waals surface area contributed by atoms with E-state index in [0.29, 0.717) is 22.3 Å². The summed E-state index contributed by atoms with van der Waals surface area (Å²) in [5, 5.41) is 21.4. The number of aromatic amines is 1. The maximum atomic E-state index is 13.6. The van der Waals surface area contributed by atoms with Gasteiger partial charge in [-0.05, 0) is 35.9 Å². The van der Waals surface area contributed by atoms with Crippen LogP contribution in [0.1, 0.15) is 5.56 Å². The molecule has 0 aliphatic heterocycles. The number of aromatic hydroxyl groups is 2. The lowest BCUT2D eigenvalue weighted by Crippen LogP contribution is -2.06. The highest BCUT2D eigenvalue weighted by molar-refractivity contribution is 6.31. The third kappa shape index (κ3) is 3.48. The van der Waals surface area contributed by atoms with E-state index < -0.39 is 28.4 Å². The number of H-pyrrole nitrogens is 1. The maximum Gasteiger partial charge on any atom is 0.417 e. The lowest BCUT2D eigenvalue weighted by atomic mass is 9.99. The van der Waals surface area contributed by atoms with Crippen LogP contribution in [0.5, 0.6) is 11.6 Å². The fourth-order valence-corrected chi connectivity index (χ4v) is 4.13. The zero-order valence-electron chi connectivity index (χ0n) is 16.7. The number of nitrogens with zero attached hydrogens (tertiary/aromatic N) is 2. The molecule has 0 radical (unpaired) electrons. The molecule has 0 bridgehead atoms. The van der Waals surface area contributed by atoms with Crippen LogP contribution in [0.4, 0.5) is 13.2 Å². The van der Waals surface area contributed by atoms with Crippen molar-refractivity contribution in [2.24, 2.45) is 0 Å². The Morgan fingerprint density at radius 2 is 1.67 bits per heavy atom. The fraction of sp³-hybridized carbons (Fsp3) is 0.0417. The first-order chi connectivity index (χ1) is 15.8. The number of fused-ring (bicyclic) bond motifs is 1. The van der Waals surface area contributed by atoms with E-state index in [0.717, 1.165) is 12.1 Å². The zero-order valence-corrected chi connectivity index (χ0v) is 17.5. The van der Waals surface area contributed by atoms with Crippen molar-refractivity contribution in [1.82, 2.24) is 14.5 Å². The molecule has 9 heteroatoms. The topological polar surface area (TPSA) is 74.1 Å². The Balaban J connectivity index is 1.86. The molecule has 3 aromatic carbocycles. The summed E-state index contributed by atoms with van der Waals surface area (Å²) in [6.07, 6.45) is -3.18. The van der Waals surface area contributed by atoms with Gasteiger partial charge in [-0.25, -0.2) is 4.98 Å². The Hall–Kier alpha value is -3.91. The van der Waals surface area contributed by atoms with Crippen molar-refractivity contribution in [3.8, 4) is 39.7 Å². The molecule has 2 heterocycles. The first kappa shape index (κ1) is 21.0. The Morgan fingerprint density at radius 3 is 2.39 bits per heavy atom. The minimum Gasteiger partial charge on any atom is -0.503 e. The molecule has 5 nitrogen and oxygen atoms in total. The molecule has 0 amide bonds. The van der Waals surface area contributed by atoms with Crippen molar-refractivity contribution in [2.75, 3.05) is 0 Å². The van der Waals surface area contributed by atoms with Crippen molar-refractivity contribution >= 4 is 22.6 Å². The molecule has 0 aliphatic carbocycles. The number of imidazole rings is 1. The number of rotatable bonds is 3. The van der Waals surface area contributed by atoms with E-state index in [9.17, 15) is 23.4 Å². The number of halogens is 4. The minimum atomic E-state index is -4.68. The molecule has 0 atom stereocenters. The summed E-state index contributed by atoms with van der Waals surface area (Å²) in [6.45, 7) is 0. The number of aromatic nitrogens is 3. The van der Waals surface area contributed by atoms with E-state index in [1.54, 1.807) is 48.5 Å². The molecular weight excluding hydrogens is 455 g/mol. The maximum absolute atomic E-state index is 13.6. The zero-order chi connectivity index (χ0) is 23.3. The molecule has 0 saturated carbocycles. The van der Waals surface area contributed by atoms with Gasteiger partial charge in [-0.2, -0.15) is 13.2 Å². The SMILES string of the molecule is Oc1c(-c2ccccc2)c(-c2ccc(Cl)c(C(F)(F)F)c2)n(-c2ccc3nc[nH]c3c2)c1O. The summed E-state index contributed by atoms with van der Waals surface area (Å²) in [5.41, 5.74) is 1.72. The van der Waals surface area contributed by atoms with E-state index in [1.807, 2.05) is 0 Å². The standard InChI is InChI=1S/C24H15ClF3N3O2/c25-17-8-6-14(10-16(17)24(26,27)28)21-20(13-4-2-1-3-5-13)22(32)23(33)31(21)15-7-9-18-19(11-15)30-12-29-18/h1-12,32-33H,(H,29,30). The highest BCUT2D eigenvalue weighted by Gasteiger charge is 2.34. The molecule has 5 rings (SSSR count). The van der Waals surface area contributed by atoms with Crippen LogP contribution in [0.25, 0.3) is 39.1 Å². The summed E-state index contributed by atoms with van der Waals surface area (Å²) >= 11 is 5.83. The average molecular weight is 470 g/mol. The molecule has 0 aliphatic rings. The molecule has 2 aromatic heterocycles. The summed E-state index contributed by atoms with van der Waals surface area (Å²) in [4.78, 5) is 7.12. The Kier molecular flexibility index (Phi) is 4.83. The molecule has 0 unspecified atom stereocenters. The molecule has 0 spiro atoms. The third-order valence-corrected chi connectivity index (χ3v) is 5.72. The number of nitrogens with one attached hydrogen (secondary N) is 1. The van der Waals surface area contributed by atoms with Gasteiger partial charge in [-0.15, -0.1) is 0 Å². The second kappa shape index (κ2) is 7.60. The van der Waals surface area contributed by atoms with Crippen molar-refractivity contribution in [2.45, 2.75) is 6.18 Å². The normalized spacial score (nSPS) is 11.9. The molecule has 5 aromatic rings. The van der Waals surface area contributed by atoms with Crippen molar-refractivity contribution in [3.63, 3.8) is 0 Å². The first-order valence-electron chi connectivity index (χ1n) is 9.78. The van der Waals surface area contributed by atoms with Crippen molar-refractivity contribution in [1.29, 1.82) is 0 Å². The summed E-state index contributed by atoms with van der Waals surface area (Å²) in [7, 11) is 0. The Morgan fingerprint density at radius 1 is 0.909 bits per heavy atom. The van der Waals surface area contributed by atoms with Crippen LogP contribution in [0.15, 0.2) is 73.1 Å². The number of alkyl halides is 3. The molecule has 33 heavy (non-hydrogen) atoms. The summed E-state index contributed by atoms with van der Waals surface area (Å²) in [6, 6.07) is 17.1. The van der Waals surface area contributed by atoms with Crippen molar-refractivity contribution < 1.29 is 23.4 Å². The second-order valence-electron chi connectivity index (χ2n) is 7.39. The van der Waals surface area contributed by atoms with E-state index in [-0.39, 0.29) is 16.8 Å². The van der Waals surface area contributed by atoms with Gasteiger partial charge in [0.2, 0.25) is 5.88 Å². The molecular formula is C24H15ClF3N3O2. The van der Waals surface area contributed by atoms with Gasteiger partial charge >= 0.3 is 6.18 Å². The van der Waals surface area contributed by atoms with Crippen LogP contribution in [0.2, 0.25) is 5.02 Å². The van der Waals surface area contributed by atoms with Crippen LogP contribution in [0, 0.1) is 0 Å². The van der Waals surface area contributed by atoms with E-state index in [2.05, 4.69) is 9.97 Å². The number of benzene rings is 3. The van der Waals surface area contributed by atoms with Gasteiger partial charge in [0.25, 0.3) is 0 Å². The highest BCUT2D eigenvalue weighted by atomic mass is 35.5. The molecule has 0 fully saturated rings. The highest BCUT2D eigenvalue weighted by Crippen LogP contribution is 2.49. The lowest BCUT2D eigenvalue weighted by molar-refractivity contribution is -0.137. The van der Waals surface area contributed by atoms with Crippen LogP contribution >= 0.6 is 11.6 Å². The number of hydrogen-bond acceptors (Lipinski definition) is 3. The van der Waals surface area contributed by atoms with Gasteiger partial charge < -0.3 is 15.2 Å². The van der Waals surface area contributed by atoms with E-state index in [4.69, 9.17) is 11.6 Å². The minimum absolute atomic E-state index is 0.117. The van der Waals surface area contributed by atoms with Gasteiger partial charge in [-0.3, -0.25) is 4.57 Å². The average Bonchev–Trinajstić information content (AvgIpc) is 3.36. The summed E-state index contributed by atoms with van der Waals surface area (Å²) in [5.74, 6) is -0.962. The predicted octanol–water partition coefficient (Wildman–Crippen LogP) is 6.77. The molecule has 166 valence electrons. The Labute approximate surface area is 190 Å². The van der Waals surface area contributed by atoms with Gasteiger partial charge in [0, 0.05) is 5.56 Å². The quantitative estimate of drug-likeness (QED) is 0.273. The monoisotopic (exact) mass is 469 g/mol. The Bertz CT molecular complexity index is 1490. The lowest BCUT2D eigenvalue weighted by Gasteiger charge is -2.15. The predicted molar refractivity (Wildman–Crippen MR) is 120 cm³/mol. The summed E-state index contributed by atoms with van der Waals surface area (Å²) < 4.78 is 42.1. The second-order valence-corrected chi connectivity index (χ2v) is 7.80. The van der Waals surface area contributed by atoms with E-state index >= 15 is 0 Å². The van der Waals surface area contributed by atoms with Gasteiger partial charge in [-0.1, -0.05) is 48.0 Å². The fourth-order valence-electron chi connectivity index (χ4n) is 3.90. The van der Waals surface area contributed by atoms with Gasteiger partial charge in [0.05, 0.1) is 44.9 Å².